The van der Waals surface area contributed by atoms with Gasteiger partial charge in [-0.1, -0.05) is 41.5 Å². The third-order valence-electron chi connectivity index (χ3n) is 4.35. The Kier molecular flexibility index (Phi) is 6.13. The van der Waals surface area contributed by atoms with E-state index < -0.39 is 0 Å². The summed E-state index contributed by atoms with van der Waals surface area (Å²) in [5, 5.41) is 19.9. The third-order valence-corrected chi connectivity index (χ3v) is 5.31. The van der Waals surface area contributed by atoms with E-state index in [2.05, 4.69) is 58.7 Å². The largest absolute Gasteiger partial charge is 0.507 e. The van der Waals surface area contributed by atoms with Crippen LogP contribution in [0.25, 0.3) is 0 Å². The van der Waals surface area contributed by atoms with Crippen molar-refractivity contribution in [2.75, 3.05) is 6.61 Å². The Morgan fingerprint density at radius 1 is 1.04 bits per heavy atom. The number of aromatic nitrogens is 1. The lowest BCUT2D eigenvalue weighted by Crippen LogP contribution is -2.17. The fourth-order valence-corrected chi connectivity index (χ4v) is 3.68. The summed E-state index contributed by atoms with van der Waals surface area (Å²) in [7, 11) is 0. The predicted octanol–water partition coefficient (Wildman–Crippen LogP) is 5.11. The van der Waals surface area contributed by atoms with Crippen LogP contribution >= 0.6 is 11.8 Å². The Morgan fingerprint density at radius 2 is 1.58 bits per heavy atom. The van der Waals surface area contributed by atoms with Crippen molar-refractivity contribution < 1.29 is 14.6 Å². The quantitative estimate of drug-likeness (QED) is 0.709. The van der Waals surface area contributed by atoms with Crippen LogP contribution in [-0.2, 0) is 23.0 Å². The summed E-state index contributed by atoms with van der Waals surface area (Å²) in [6, 6.07) is 4.14. The number of oxazole rings is 1. The first-order chi connectivity index (χ1) is 11.9. The molecule has 2 N–H and O–H groups in total. The Morgan fingerprint density at radius 3 is 2.04 bits per heavy atom. The predicted molar refractivity (Wildman–Crippen MR) is 107 cm³/mol. The maximum Gasteiger partial charge on any atom is 0.204 e. The molecule has 5 heteroatoms. The minimum Gasteiger partial charge on any atom is -0.507 e. The molecule has 0 amide bonds. The maximum atomic E-state index is 10.8. The molecule has 144 valence electrons. The van der Waals surface area contributed by atoms with Crippen LogP contribution in [0.2, 0.25) is 0 Å². The summed E-state index contributed by atoms with van der Waals surface area (Å²) < 4.78 is 5.72. The standard InChI is InChI=1S/C21H31NO3S/c1-13-17(8-9-23)22-18(25-13)12-26-14-10-15(20(2,3)4)19(24)16(11-14)21(5,6)7/h10-11,23-24H,8-9,12H2,1-7H3. The third kappa shape index (κ3) is 4.83. The van der Waals surface area contributed by atoms with Gasteiger partial charge in [-0.05, 0) is 29.9 Å². The fourth-order valence-electron chi connectivity index (χ4n) is 2.87. The number of nitrogens with zero attached hydrogens (tertiary/aromatic N) is 1. The van der Waals surface area contributed by atoms with Gasteiger partial charge >= 0.3 is 0 Å². The first-order valence-electron chi connectivity index (χ1n) is 9.00. The molecule has 0 atom stereocenters. The zero-order chi connectivity index (χ0) is 19.7. The van der Waals surface area contributed by atoms with E-state index in [-0.39, 0.29) is 17.4 Å². The van der Waals surface area contributed by atoms with Gasteiger partial charge in [0, 0.05) is 29.1 Å². The van der Waals surface area contributed by atoms with Crippen LogP contribution in [0.15, 0.2) is 21.4 Å². The highest BCUT2D eigenvalue weighted by Gasteiger charge is 2.26. The molecule has 1 aromatic heterocycles. The molecule has 0 unspecified atom stereocenters. The van der Waals surface area contributed by atoms with E-state index >= 15 is 0 Å². The van der Waals surface area contributed by atoms with Crippen molar-refractivity contribution in [2.45, 2.75) is 76.4 Å². The molecule has 4 nitrogen and oxygen atoms in total. The monoisotopic (exact) mass is 377 g/mol. The van der Waals surface area contributed by atoms with E-state index in [9.17, 15) is 5.11 Å². The number of benzene rings is 1. The molecule has 0 saturated heterocycles. The number of aliphatic hydroxyl groups excluding tert-OH is 1. The second kappa shape index (κ2) is 7.65. The first-order valence-corrected chi connectivity index (χ1v) is 9.99. The number of phenolic OH excluding ortho intramolecular Hbond substituents is 1. The highest BCUT2D eigenvalue weighted by molar-refractivity contribution is 7.98. The summed E-state index contributed by atoms with van der Waals surface area (Å²) in [6.45, 7) is 14.6. The zero-order valence-electron chi connectivity index (χ0n) is 16.9. The van der Waals surface area contributed by atoms with Gasteiger partial charge in [-0.15, -0.1) is 11.8 Å². The number of rotatable bonds is 5. The molecular formula is C21H31NO3S. The second-order valence-electron chi connectivity index (χ2n) is 8.74. The van der Waals surface area contributed by atoms with E-state index in [4.69, 9.17) is 9.52 Å². The molecule has 0 bridgehead atoms. The van der Waals surface area contributed by atoms with E-state index in [0.29, 0.717) is 23.8 Å². The van der Waals surface area contributed by atoms with Crippen molar-refractivity contribution >= 4 is 11.8 Å². The average Bonchev–Trinajstić information content (AvgIpc) is 2.84. The van der Waals surface area contributed by atoms with Crippen molar-refractivity contribution in [3.05, 3.63) is 40.6 Å². The number of thioether (sulfide) groups is 1. The lowest BCUT2D eigenvalue weighted by molar-refractivity contribution is 0.297. The zero-order valence-corrected chi connectivity index (χ0v) is 17.8. The average molecular weight is 378 g/mol. The van der Waals surface area contributed by atoms with Crippen LogP contribution in [0.4, 0.5) is 0 Å². The van der Waals surface area contributed by atoms with Crippen molar-refractivity contribution in [2.24, 2.45) is 0 Å². The maximum absolute atomic E-state index is 10.8. The minimum atomic E-state index is -0.144. The van der Waals surface area contributed by atoms with Crippen LogP contribution in [0.3, 0.4) is 0 Å². The topological polar surface area (TPSA) is 66.5 Å². The van der Waals surface area contributed by atoms with Gasteiger partial charge in [0.1, 0.15) is 11.5 Å². The molecule has 1 aromatic carbocycles. The van der Waals surface area contributed by atoms with Crippen LogP contribution in [-0.4, -0.2) is 21.8 Å². The fraction of sp³-hybridized carbons (Fsp3) is 0.571. The summed E-state index contributed by atoms with van der Waals surface area (Å²) >= 11 is 1.65. The molecule has 0 saturated carbocycles. The van der Waals surface area contributed by atoms with Gasteiger partial charge in [0.15, 0.2) is 0 Å². The Hall–Kier alpha value is -1.46. The van der Waals surface area contributed by atoms with Crippen molar-refractivity contribution in [1.29, 1.82) is 0 Å². The van der Waals surface area contributed by atoms with E-state index in [0.717, 1.165) is 27.5 Å². The molecule has 0 aliphatic carbocycles. The first kappa shape index (κ1) is 20.8. The molecule has 1 heterocycles. The summed E-state index contributed by atoms with van der Waals surface area (Å²) in [5.41, 5.74) is 2.44. The van der Waals surface area contributed by atoms with E-state index in [1.54, 1.807) is 11.8 Å². The van der Waals surface area contributed by atoms with Gasteiger partial charge in [-0.25, -0.2) is 4.98 Å². The normalized spacial score (nSPS) is 12.6. The van der Waals surface area contributed by atoms with Gasteiger partial charge in [0.25, 0.3) is 0 Å². The number of aromatic hydroxyl groups is 1. The molecule has 2 aromatic rings. The van der Waals surface area contributed by atoms with Crippen molar-refractivity contribution in [1.82, 2.24) is 4.98 Å². The molecule has 26 heavy (non-hydrogen) atoms. The van der Waals surface area contributed by atoms with Crippen molar-refractivity contribution in [3.63, 3.8) is 0 Å². The Balaban J connectivity index is 2.33. The van der Waals surface area contributed by atoms with E-state index in [1.165, 1.54) is 0 Å². The number of aryl methyl sites for hydroxylation is 1. The summed E-state index contributed by atoms with van der Waals surface area (Å²) in [5.74, 6) is 2.45. The summed E-state index contributed by atoms with van der Waals surface area (Å²) in [6.07, 6.45) is 0.515. The molecule has 0 radical (unpaired) electrons. The number of hydrogen-bond acceptors (Lipinski definition) is 5. The van der Waals surface area contributed by atoms with Gasteiger partial charge in [0.2, 0.25) is 5.89 Å². The lowest BCUT2D eigenvalue weighted by atomic mass is 9.79. The van der Waals surface area contributed by atoms with Crippen LogP contribution in [0, 0.1) is 6.92 Å². The second-order valence-corrected chi connectivity index (χ2v) is 9.79. The SMILES string of the molecule is Cc1oc(CSc2cc(C(C)(C)C)c(O)c(C(C)(C)C)c2)nc1CCO. The lowest BCUT2D eigenvalue weighted by Gasteiger charge is -2.28. The van der Waals surface area contributed by atoms with E-state index in [1.807, 2.05) is 6.92 Å². The van der Waals surface area contributed by atoms with Gasteiger partial charge in [0.05, 0.1) is 11.4 Å². The number of hydrogen-bond donors (Lipinski definition) is 2. The highest BCUT2D eigenvalue weighted by atomic mass is 32.2. The molecule has 0 fully saturated rings. The highest BCUT2D eigenvalue weighted by Crippen LogP contribution is 2.42. The van der Waals surface area contributed by atoms with Gasteiger partial charge < -0.3 is 14.6 Å². The van der Waals surface area contributed by atoms with Gasteiger partial charge in [-0.3, -0.25) is 0 Å². The minimum absolute atomic E-state index is 0.0712. The van der Waals surface area contributed by atoms with Crippen LogP contribution in [0.1, 0.15) is 70.0 Å². The smallest absolute Gasteiger partial charge is 0.204 e. The Labute approximate surface area is 161 Å². The molecule has 0 aliphatic rings. The van der Waals surface area contributed by atoms with Crippen LogP contribution in [0.5, 0.6) is 5.75 Å². The number of phenols is 1. The molecule has 0 aliphatic heterocycles. The van der Waals surface area contributed by atoms with Crippen LogP contribution < -0.4 is 0 Å². The van der Waals surface area contributed by atoms with Gasteiger partial charge in [-0.2, -0.15) is 0 Å². The van der Waals surface area contributed by atoms with Crippen molar-refractivity contribution in [3.8, 4) is 5.75 Å². The molecule has 0 spiro atoms. The summed E-state index contributed by atoms with van der Waals surface area (Å²) in [4.78, 5) is 5.57. The molecule has 2 rings (SSSR count). The Bertz CT molecular complexity index is 732. The number of aliphatic hydroxyl groups is 1. The molecular weight excluding hydrogens is 346 g/mol.